The lowest BCUT2D eigenvalue weighted by Gasteiger charge is -2.16. The molecule has 2 aromatic rings. The zero-order valence-electron chi connectivity index (χ0n) is 17.1. The molecule has 0 aliphatic heterocycles. The third kappa shape index (κ3) is 3.60. The monoisotopic (exact) mass is 462 g/mol. The summed E-state index contributed by atoms with van der Waals surface area (Å²) >= 11 is 1.11. The van der Waals surface area contributed by atoms with Gasteiger partial charge in [-0.1, -0.05) is 0 Å². The zero-order valence-corrected chi connectivity index (χ0v) is 18.7. The maximum atomic E-state index is 13.0. The second kappa shape index (κ2) is 7.63. The molecular weight excluding hydrogens is 436 g/mol. The fourth-order valence-electron chi connectivity index (χ4n) is 4.84. The molecule has 3 aliphatic carbocycles. The molecule has 8 nitrogen and oxygen atoms in total. The number of nitrogens with one attached hydrogen (secondary N) is 1. The number of anilines is 1. The Kier molecular flexibility index (Phi) is 5.17. The smallest absolute Gasteiger partial charge is 0.354 e. The van der Waals surface area contributed by atoms with Crippen molar-refractivity contribution in [2.45, 2.75) is 60.5 Å². The summed E-state index contributed by atoms with van der Waals surface area (Å²) in [7, 11) is -3.44. The van der Waals surface area contributed by atoms with E-state index in [0.29, 0.717) is 5.56 Å². The van der Waals surface area contributed by atoms with Gasteiger partial charge in [0.1, 0.15) is 4.21 Å². The third-order valence-electron chi connectivity index (χ3n) is 6.78. The van der Waals surface area contributed by atoms with E-state index in [1.54, 1.807) is 11.4 Å². The summed E-state index contributed by atoms with van der Waals surface area (Å²) in [5, 5.41) is 29.2. The number of hydrogen-bond acceptors (Lipinski definition) is 6. The highest BCUT2D eigenvalue weighted by atomic mass is 32.2. The number of pyridine rings is 1. The number of aryl methyl sites for hydroxylation is 1. The van der Waals surface area contributed by atoms with Gasteiger partial charge in [0.05, 0.1) is 24.6 Å². The second-order valence-corrected chi connectivity index (χ2v) is 11.7. The summed E-state index contributed by atoms with van der Waals surface area (Å²) in [4.78, 5) is 17.8. The van der Waals surface area contributed by atoms with Crippen molar-refractivity contribution in [1.29, 1.82) is 0 Å². The number of aliphatic hydroxyl groups excluding tert-OH is 2. The van der Waals surface area contributed by atoms with Crippen LogP contribution >= 0.6 is 11.3 Å². The normalized spacial score (nSPS) is 19.9. The molecule has 0 radical (unpaired) electrons. The average molecular weight is 463 g/mol. The minimum Gasteiger partial charge on any atom is -0.396 e. The predicted molar refractivity (Wildman–Crippen MR) is 119 cm³/mol. The number of aromatic nitrogens is 1. The molecule has 2 amide bonds. The van der Waals surface area contributed by atoms with E-state index in [2.05, 4.69) is 9.68 Å². The number of carbonyl (C=O) groups is 1. The molecule has 5 rings (SSSR count). The van der Waals surface area contributed by atoms with Crippen LogP contribution in [0.1, 0.15) is 59.7 Å². The molecular formula is C21H26N4O4S2. The van der Waals surface area contributed by atoms with Crippen molar-refractivity contribution in [3.63, 3.8) is 0 Å². The van der Waals surface area contributed by atoms with Gasteiger partial charge in [0, 0.05) is 17.0 Å². The topological polar surface area (TPSA) is 138 Å². The van der Waals surface area contributed by atoms with Crippen molar-refractivity contribution < 1.29 is 19.2 Å². The van der Waals surface area contributed by atoms with Crippen LogP contribution in [-0.2, 0) is 34.6 Å². The number of amides is 2. The number of nitrogens with two attached hydrogens (primary N) is 1. The van der Waals surface area contributed by atoms with Crippen LogP contribution < -0.4 is 10.5 Å². The Balaban J connectivity index is 1.45. The quantitative estimate of drug-likeness (QED) is 0.541. The SMILES string of the molecule is N[S@@](=O)(=NC(=O)Nc1c2c(nc3c1CCC31CC1)CCC2)c1cc(C(CO)CO)cs1. The van der Waals surface area contributed by atoms with Gasteiger partial charge >= 0.3 is 6.03 Å². The second-order valence-electron chi connectivity index (χ2n) is 8.72. The minimum atomic E-state index is -3.44. The molecule has 31 heavy (non-hydrogen) atoms. The van der Waals surface area contributed by atoms with Crippen LogP contribution in [0.15, 0.2) is 20.0 Å². The molecule has 0 unspecified atom stereocenters. The van der Waals surface area contributed by atoms with Gasteiger partial charge < -0.3 is 15.5 Å². The van der Waals surface area contributed by atoms with E-state index in [-0.39, 0.29) is 22.8 Å². The Morgan fingerprint density at radius 2 is 2.03 bits per heavy atom. The van der Waals surface area contributed by atoms with Gasteiger partial charge in [0.15, 0.2) is 9.92 Å². The highest BCUT2D eigenvalue weighted by Crippen LogP contribution is 2.58. The van der Waals surface area contributed by atoms with Gasteiger partial charge in [-0.05, 0) is 73.1 Å². The number of hydrogen-bond donors (Lipinski definition) is 4. The first kappa shape index (κ1) is 21.0. The van der Waals surface area contributed by atoms with Gasteiger partial charge in [-0.2, -0.15) is 0 Å². The van der Waals surface area contributed by atoms with E-state index in [4.69, 9.17) is 10.1 Å². The van der Waals surface area contributed by atoms with Crippen molar-refractivity contribution in [3.05, 3.63) is 39.5 Å². The molecule has 0 saturated heterocycles. The molecule has 5 N–H and O–H groups in total. The van der Waals surface area contributed by atoms with Gasteiger partial charge in [-0.15, -0.1) is 15.7 Å². The van der Waals surface area contributed by atoms with Crippen LogP contribution in [-0.4, -0.2) is 38.7 Å². The van der Waals surface area contributed by atoms with Crippen molar-refractivity contribution in [1.82, 2.24) is 4.98 Å². The highest BCUT2D eigenvalue weighted by Gasteiger charge is 2.51. The standard InChI is InChI=1S/C21H26N4O4S2/c22-31(29,17-8-12(11-30-17)13(9-26)10-27)25-20(28)24-18-14-2-1-3-16(14)23-19-15(18)4-5-21(19)6-7-21/h8,11,13,26-27H,1-7,9-10H2,(H3,22,23,24,25,28,29)/t31-/m1/s1. The first-order chi connectivity index (χ1) is 14.9. The fraction of sp³-hybridized carbons (Fsp3) is 0.524. The summed E-state index contributed by atoms with van der Waals surface area (Å²) in [5.41, 5.74) is 6.02. The lowest BCUT2D eigenvalue weighted by atomic mass is 10.0. The van der Waals surface area contributed by atoms with Gasteiger partial charge in [0.2, 0.25) is 0 Å². The number of fused-ring (bicyclic) bond motifs is 3. The Hall–Kier alpha value is -1.85. The van der Waals surface area contributed by atoms with Crippen LogP contribution in [0.3, 0.4) is 0 Å². The molecule has 1 atom stereocenters. The van der Waals surface area contributed by atoms with E-state index >= 15 is 0 Å². The largest absolute Gasteiger partial charge is 0.396 e. The van der Waals surface area contributed by atoms with Gasteiger partial charge in [-0.3, -0.25) is 4.98 Å². The number of carbonyl (C=O) groups excluding carboxylic acids is 1. The van der Waals surface area contributed by atoms with Crippen molar-refractivity contribution in [2.75, 3.05) is 18.5 Å². The molecule has 2 aromatic heterocycles. The maximum Gasteiger partial charge on any atom is 0.354 e. The molecule has 2 heterocycles. The molecule has 0 aromatic carbocycles. The lowest BCUT2D eigenvalue weighted by Crippen LogP contribution is -2.19. The Morgan fingerprint density at radius 3 is 2.74 bits per heavy atom. The maximum absolute atomic E-state index is 13.0. The first-order valence-corrected chi connectivity index (χ1v) is 13.0. The molecule has 10 heteroatoms. The zero-order chi connectivity index (χ0) is 21.8. The van der Waals surface area contributed by atoms with Crippen molar-refractivity contribution >= 4 is 33.0 Å². The summed E-state index contributed by atoms with van der Waals surface area (Å²) < 4.78 is 17.1. The third-order valence-corrected chi connectivity index (χ3v) is 9.66. The Morgan fingerprint density at radius 1 is 1.26 bits per heavy atom. The molecule has 166 valence electrons. The lowest BCUT2D eigenvalue weighted by molar-refractivity contribution is 0.192. The van der Waals surface area contributed by atoms with Crippen LogP contribution in [0, 0.1) is 0 Å². The predicted octanol–water partition coefficient (Wildman–Crippen LogP) is 2.61. The fourth-order valence-corrected chi connectivity index (χ4v) is 7.05. The van der Waals surface area contributed by atoms with E-state index in [1.165, 1.54) is 0 Å². The number of nitrogens with zero attached hydrogens (tertiary/aromatic N) is 2. The number of thiophene rings is 1. The molecule has 1 fully saturated rings. The van der Waals surface area contributed by atoms with Crippen LogP contribution in [0.5, 0.6) is 0 Å². The summed E-state index contributed by atoms with van der Waals surface area (Å²) in [6, 6.07) is 0.821. The van der Waals surface area contributed by atoms with E-state index < -0.39 is 21.9 Å². The van der Waals surface area contributed by atoms with E-state index in [0.717, 1.165) is 84.5 Å². The highest BCUT2D eigenvalue weighted by molar-refractivity contribution is 7.93. The Bertz CT molecular complexity index is 1170. The first-order valence-electron chi connectivity index (χ1n) is 10.6. The number of rotatable bonds is 5. The van der Waals surface area contributed by atoms with Gasteiger partial charge in [-0.25, -0.2) is 14.1 Å². The van der Waals surface area contributed by atoms with Gasteiger partial charge in [0.25, 0.3) is 0 Å². The average Bonchev–Trinajstić information content (AvgIpc) is 3.09. The Labute approximate surface area is 185 Å². The molecule has 1 spiro atoms. The van der Waals surface area contributed by atoms with Crippen LogP contribution in [0.2, 0.25) is 0 Å². The summed E-state index contributed by atoms with van der Waals surface area (Å²) in [6.45, 7) is -0.481. The molecule has 3 aliphatic rings. The summed E-state index contributed by atoms with van der Waals surface area (Å²) in [6.07, 6.45) is 7.07. The van der Waals surface area contributed by atoms with Crippen LogP contribution in [0.25, 0.3) is 0 Å². The van der Waals surface area contributed by atoms with Crippen molar-refractivity contribution in [3.8, 4) is 0 Å². The number of aliphatic hydroxyl groups is 2. The summed E-state index contributed by atoms with van der Waals surface area (Å²) in [5.74, 6) is -0.481. The van der Waals surface area contributed by atoms with E-state index in [1.807, 2.05) is 0 Å². The van der Waals surface area contributed by atoms with Crippen LogP contribution in [0.4, 0.5) is 10.5 Å². The van der Waals surface area contributed by atoms with E-state index in [9.17, 15) is 19.2 Å². The van der Waals surface area contributed by atoms with Crippen molar-refractivity contribution in [2.24, 2.45) is 9.50 Å². The molecule has 0 bridgehead atoms. The minimum absolute atomic E-state index is 0.203. The molecule has 1 saturated carbocycles. The number of urea groups is 1.